The van der Waals surface area contributed by atoms with Gasteiger partial charge in [-0.15, -0.1) is 0 Å². The van der Waals surface area contributed by atoms with E-state index in [1.807, 2.05) is 24.3 Å². The van der Waals surface area contributed by atoms with Crippen molar-refractivity contribution in [3.8, 4) is 0 Å². The van der Waals surface area contributed by atoms with Crippen molar-refractivity contribution in [3.63, 3.8) is 0 Å². The minimum absolute atomic E-state index is 0.0813. The van der Waals surface area contributed by atoms with Gasteiger partial charge in [0.2, 0.25) is 5.91 Å². The van der Waals surface area contributed by atoms with E-state index in [-0.39, 0.29) is 5.91 Å². The monoisotopic (exact) mass is 189 g/mol. The van der Waals surface area contributed by atoms with Crippen LogP contribution in [0.3, 0.4) is 0 Å². The Bertz CT molecular complexity index is 327. The van der Waals surface area contributed by atoms with Crippen molar-refractivity contribution in [2.75, 3.05) is 7.05 Å². The molecule has 74 valence electrons. The van der Waals surface area contributed by atoms with Crippen molar-refractivity contribution in [1.82, 2.24) is 4.90 Å². The molecule has 2 nitrogen and oxygen atoms in total. The Kier molecular flexibility index (Phi) is 3.46. The molecule has 0 aliphatic carbocycles. The van der Waals surface area contributed by atoms with Gasteiger partial charge in [0, 0.05) is 20.5 Å². The molecule has 14 heavy (non-hydrogen) atoms. The normalized spacial score (nSPS) is 9.57. The number of nitrogens with zero attached hydrogens (tertiary/aromatic N) is 1. The third-order valence-electron chi connectivity index (χ3n) is 2.17. The SMILES string of the molecule is C=Cc1ccc(CN(C)C(C)=O)cc1. The second kappa shape index (κ2) is 4.61. The highest BCUT2D eigenvalue weighted by Crippen LogP contribution is 2.07. The summed E-state index contributed by atoms with van der Waals surface area (Å²) in [6, 6.07) is 8.01. The Balaban J connectivity index is 2.68. The molecule has 0 aliphatic rings. The number of carbonyl (C=O) groups is 1. The first-order valence-electron chi connectivity index (χ1n) is 4.56. The molecule has 1 aromatic carbocycles. The third kappa shape index (κ3) is 2.73. The fraction of sp³-hybridized carbons (Fsp3) is 0.250. The molecule has 0 atom stereocenters. The second-order valence-corrected chi connectivity index (χ2v) is 3.32. The van der Waals surface area contributed by atoms with Gasteiger partial charge in [0.05, 0.1) is 0 Å². The van der Waals surface area contributed by atoms with Gasteiger partial charge in [0.1, 0.15) is 0 Å². The quantitative estimate of drug-likeness (QED) is 0.714. The van der Waals surface area contributed by atoms with Gasteiger partial charge in [-0.3, -0.25) is 4.79 Å². The van der Waals surface area contributed by atoms with E-state index in [0.29, 0.717) is 6.54 Å². The maximum absolute atomic E-state index is 11.0. The van der Waals surface area contributed by atoms with Crippen molar-refractivity contribution >= 4 is 12.0 Å². The van der Waals surface area contributed by atoms with E-state index in [1.54, 1.807) is 24.9 Å². The minimum atomic E-state index is 0.0813. The van der Waals surface area contributed by atoms with Gasteiger partial charge < -0.3 is 4.90 Å². The summed E-state index contributed by atoms with van der Waals surface area (Å²) in [5, 5.41) is 0. The van der Waals surface area contributed by atoms with Crippen molar-refractivity contribution in [3.05, 3.63) is 42.0 Å². The fourth-order valence-corrected chi connectivity index (χ4v) is 1.14. The third-order valence-corrected chi connectivity index (χ3v) is 2.17. The van der Waals surface area contributed by atoms with E-state index in [9.17, 15) is 4.79 Å². The molecule has 0 N–H and O–H groups in total. The van der Waals surface area contributed by atoms with Crippen molar-refractivity contribution in [2.24, 2.45) is 0 Å². The average Bonchev–Trinajstić information content (AvgIpc) is 2.19. The number of carbonyl (C=O) groups excluding carboxylic acids is 1. The summed E-state index contributed by atoms with van der Waals surface area (Å²) in [6.07, 6.45) is 1.80. The second-order valence-electron chi connectivity index (χ2n) is 3.32. The van der Waals surface area contributed by atoms with Gasteiger partial charge >= 0.3 is 0 Å². The summed E-state index contributed by atoms with van der Waals surface area (Å²) in [5.74, 6) is 0.0813. The van der Waals surface area contributed by atoms with Crippen LogP contribution in [-0.2, 0) is 11.3 Å². The Morgan fingerprint density at radius 2 is 2.00 bits per heavy atom. The Labute approximate surface area is 84.9 Å². The van der Waals surface area contributed by atoms with Crippen LogP contribution in [0.1, 0.15) is 18.1 Å². The number of benzene rings is 1. The minimum Gasteiger partial charge on any atom is -0.342 e. The number of rotatable bonds is 3. The zero-order chi connectivity index (χ0) is 10.6. The molecule has 0 heterocycles. The maximum Gasteiger partial charge on any atom is 0.219 e. The Morgan fingerprint density at radius 1 is 1.43 bits per heavy atom. The van der Waals surface area contributed by atoms with Crippen LogP contribution in [0.15, 0.2) is 30.8 Å². The highest BCUT2D eigenvalue weighted by Gasteiger charge is 2.02. The van der Waals surface area contributed by atoms with Gasteiger partial charge in [-0.05, 0) is 11.1 Å². The first kappa shape index (κ1) is 10.5. The molecule has 2 heteroatoms. The lowest BCUT2D eigenvalue weighted by molar-refractivity contribution is -0.128. The van der Waals surface area contributed by atoms with Crippen LogP contribution in [0, 0.1) is 0 Å². The van der Waals surface area contributed by atoms with Crippen LogP contribution in [0.4, 0.5) is 0 Å². The standard InChI is InChI=1S/C12H15NO/c1-4-11-5-7-12(8-6-11)9-13(3)10(2)14/h4-8H,1,9H2,2-3H3. The Hall–Kier alpha value is -1.57. The lowest BCUT2D eigenvalue weighted by Crippen LogP contribution is -2.22. The maximum atomic E-state index is 11.0. The molecule has 0 saturated carbocycles. The van der Waals surface area contributed by atoms with Crippen molar-refractivity contribution in [2.45, 2.75) is 13.5 Å². The molecule has 0 saturated heterocycles. The first-order valence-corrected chi connectivity index (χ1v) is 4.56. The summed E-state index contributed by atoms with van der Waals surface area (Å²) in [6.45, 7) is 5.91. The highest BCUT2D eigenvalue weighted by molar-refractivity contribution is 5.72. The zero-order valence-electron chi connectivity index (χ0n) is 8.66. The summed E-state index contributed by atoms with van der Waals surface area (Å²) in [4.78, 5) is 12.7. The average molecular weight is 189 g/mol. The highest BCUT2D eigenvalue weighted by atomic mass is 16.2. The van der Waals surface area contributed by atoms with Gasteiger partial charge in [-0.1, -0.05) is 36.9 Å². The van der Waals surface area contributed by atoms with Crippen molar-refractivity contribution in [1.29, 1.82) is 0 Å². The smallest absolute Gasteiger partial charge is 0.219 e. The predicted molar refractivity (Wildman–Crippen MR) is 58.7 cm³/mol. The number of hydrogen-bond donors (Lipinski definition) is 0. The van der Waals surface area contributed by atoms with Crippen LogP contribution in [0.2, 0.25) is 0 Å². The number of amides is 1. The zero-order valence-corrected chi connectivity index (χ0v) is 8.66. The van der Waals surface area contributed by atoms with E-state index in [1.165, 1.54) is 0 Å². The topological polar surface area (TPSA) is 20.3 Å². The van der Waals surface area contributed by atoms with Crippen LogP contribution < -0.4 is 0 Å². The summed E-state index contributed by atoms with van der Waals surface area (Å²) < 4.78 is 0. The van der Waals surface area contributed by atoms with Gasteiger partial charge in [0.15, 0.2) is 0 Å². The number of hydrogen-bond acceptors (Lipinski definition) is 1. The van der Waals surface area contributed by atoms with Crippen LogP contribution in [0.25, 0.3) is 6.08 Å². The van der Waals surface area contributed by atoms with E-state index in [2.05, 4.69) is 6.58 Å². The lowest BCUT2D eigenvalue weighted by atomic mass is 10.1. The molecule has 0 spiro atoms. The van der Waals surface area contributed by atoms with Gasteiger partial charge in [-0.25, -0.2) is 0 Å². The van der Waals surface area contributed by atoms with E-state index < -0.39 is 0 Å². The molecule has 0 unspecified atom stereocenters. The first-order chi connectivity index (χ1) is 6.63. The molecule has 0 bridgehead atoms. The fourth-order valence-electron chi connectivity index (χ4n) is 1.14. The molecule has 0 fully saturated rings. The molecule has 1 aromatic rings. The molecule has 0 aliphatic heterocycles. The van der Waals surface area contributed by atoms with E-state index in [0.717, 1.165) is 11.1 Å². The largest absolute Gasteiger partial charge is 0.342 e. The Morgan fingerprint density at radius 3 is 2.43 bits per heavy atom. The van der Waals surface area contributed by atoms with Gasteiger partial charge in [-0.2, -0.15) is 0 Å². The summed E-state index contributed by atoms with van der Waals surface area (Å²) >= 11 is 0. The van der Waals surface area contributed by atoms with Crippen molar-refractivity contribution < 1.29 is 4.79 Å². The summed E-state index contributed by atoms with van der Waals surface area (Å²) in [7, 11) is 1.80. The molecule has 0 aromatic heterocycles. The summed E-state index contributed by atoms with van der Waals surface area (Å²) in [5.41, 5.74) is 2.23. The van der Waals surface area contributed by atoms with Crippen LogP contribution in [0.5, 0.6) is 0 Å². The van der Waals surface area contributed by atoms with Gasteiger partial charge in [0.25, 0.3) is 0 Å². The lowest BCUT2D eigenvalue weighted by Gasteiger charge is -2.14. The predicted octanol–water partition coefficient (Wildman–Crippen LogP) is 2.31. The molecule has 0 radical (unpaired) electrons. The van der Waals surface area contributed by atoms with E-state index in [4.69, 9.17) is 0 Å². The molecule has 1 rings (SSSR count). The van der Waals surface area contributed by atoms with Crippen LogP contribution >= 0.6 is 0 Å². The molecule has 1 amide bonds. The molecular weight excluding hydrogens is 174 g/mol. The van der Waals surface area contributed by atoms with Crippen LogP contribution in [-0.4, -0.2) is 17.9 Å². The molecular formula is C12H15NO. The van der Waals surface area contributed by atoms with E-state index >= 15 is 0 Å².